The van der Waals surface area contributed by atoms with Crippen molar-refractivity contribution < 1.29 is 4.79 Å². The molecule has 0 spiro atoms. The Morgan fingerprint density at radius 3 is 2.24 bits per heavy atom. The molecule has 3 aromatic carbocycles. The molecule has 166 valence electrons. The lowest BCUT2D eigenvalue weighted by Gasteiger charge is -2.22. The van der Waals surface area contributed by atoms with Crippen molar-refractivity contribution in [3.8, 4) is 16.9 Å². The van der Waals surface area contributed by atoms with Crippen molar-refractivity contribution in [3.63, 3.8) is 0 Å². The Morgan fingerprint density at radius 2 is 1.61 bits per heavy atom. The number of nitrogens with one attached hydrogen (secondary N) is 1. The lowest BCUT2D eigenvalue weighted by Crippen LogP contribution is -2.25. The summed E-state index contributed by atoms with van der Waals surface area (Å²) in [7, 11) is 1.66. The highest BCUT2D eigenvalue weighted by atomic mass is 16.1. The van der Waals surface area contributed by atoms with E-state index in [1.54, 1.807) is 7.05 Å². The van der Waals surface area contributed by atoms with Gasteiger partial charge < -0.3 is 5.32 Å². The molecule has 5 heteroatoms. The summed E-state index contributed by atoms with van der Waals surface area (Å²) in [5.74, 6) is -0.0542. The Morgan fingerprint density at radius 1 is 0.939 bits per heavy atom. The number of amides is 1. The number of benzene rings is 3. The summed E-state index contributed by atoms with van der Waals surface area (Å²) in [4.78, 5) is 14.4. The minimum Gasteiger partial charge on any atom is -0.355 e. The molecule has 0 saturated heterocycles. The second-order valence-corrected chi connectivity index (χ2v) is 8.56. The molecular formula is C28H28N4O. The van der Waals surface area contributed by atoms with E-state index in [9.17, 15) is 4.79 Å². The predicted molar refractivity (Wildman–Crippen MR) is 131 cm³/mol. The number of nitrogens with zero attached hydrogens (tertiary/aromatic N) is 3. The molecular weight excluding hydrogens is 408 g/mol. The van der Waals surface area contributed by atoms with Crippen LogP contribution in [0, 0.1) is 0 Å². The topological polar surface area (TPSA) is 50.2 Å². The zero-order valence-electron chi connectivity index (χ0n) is 18.8. The number of aromatic nitrogens is 2. The third-order valence-electron chi connectivity index (χ3n) is 6.12. The van der Waals surface area contributed by atoms with Crippen molar-refractivity contribution in [2.75, 3.05) is 7.05 Å². The first-order chi connectivity index (χ1) is 16.2. The number of para-hydroxylation sites is 1. The van der Waals surface area contributed by atoms with Gasteiger partial charge in [0.05, 0.1) is 11.4 Å². The lowest BCUT2D eigenvalue weighted by molar-refractivity contribution is 0.0963. The van der Waals surface area contributed by atoms with Crippen molar-refractivity contribution in [1.29, 1.82) is 0 Å². The highest BCUT2D eigenvalue weighted by molar-refractivity contribution is 5.93. The maximum absolute atomic E-state index is 11.9. The summed E-state index contributed by atoms with van der Waals surface area (Å²) >= 11 is 0. The van der Waals surface area contributed by atoms with Gasteiger partial charge in [-0.3, -0.25) is 9.69 Å². The zero-order chi connectivity index (χ0) is 22.6. The molecule has 33 heavy (non-hydrogen) atoms. The molecule has 0 unspecified atom stereocenters. The molecule has 1 aliphatic carbocycles. The summed E-state index contributed by atoms with van der Waals surface area (Å²) in [5.41, 5.74) is 6.34. The Hall–Kier alpha value is -3.70. The third kappa shape index (κ3) is 4.89. The first-order valence-electron chi connectivity index (χ1n) is 11.5. The number of rotatable bonds is 8. The van der Waals surface area contributed by atoms with E-state index >= 15 is 0 Å². The van der Waals surface area contributed by atoms with Gasteiger partial charge in [0.25, 0.3) is 5.91 Å². The molecule has 1 amide bonds. The first-order valence-corrected chi connectivity index (χ1v) is 11.5. The van der Waals surface area contributed by atoms with Gasteiger partial charge in [0, 0.05) is 49.1 Å². The van der Waals surface area contributed by atoms with Crippen LogP contribution in [0.25, 0.3) is 16.9 Å². The average Bonchev–Trinajstić information content (AvgIpc) is 3.64. The van der Waals surface area contributed by atoms with Crippen molar-refractivity contribution in [3.05, 3.63) is 108 Å². The maximum atomic E-state index is 11.9. The SMILES string of the molecule is CNC(=O)c1ccc(CN(Cc2cn(-c3ccccc3)nc2-c2ccccc2)C2CC2)cc1. The molecule has 0 radical (unpaired) electrons. The zero-order valence-corrected chi connectivity index (χ0v) is 18.8. The molecule has 0 atom stereocenters. The van der Waals surface area contributed by atoms with Gasteiger partial charge in [-0.1, -0.05) is 60.7 Å². The van der Waals surface area contributed by atoms with E-state index in [-0.39, 0.29) is 5.91 Å². The van der Waals surface area contributed by atoms with Crippen molar-refractivity contribution in [2.45, 2.75) is 32.0 Å². The molecule has 1 fully saturated rings. The standard InChI is InChI=1S/C28H28N4O/c1-29-28(33)23-14-12-21(13-15-23)18-31(25-16-17-25)19-24-20-32(26-10-6-3-7-11-26)30-27(24)22-8-4-2-5-9-22/h2-15,20,25H,16-19H2,1H3,(H,29,33). The second kappa shape index (κ2) is 9.43. The molecule has 1 N–H and O–H groups in total. The molecule has 5 rings (SSSR count). The normalized spacial score (nSPS) is 13.3. The summed E-state index contributed by atoms with van der Waals surface area (Å²) in [5, 5.41) is 7.66. The van der Waals surface area contributed by atoms with Gasteiger partial charge in [-0.05, 0) is 42.7 Å². The molecule has 1 heterocycles. The van der Waals surface area contributed by atoms with Gasteiger partial charge in [0.15, 0.2) is 0 Å². The molecule has 4 aromatic rings. The highest BCUT2D eigenvalue weighted by Crippen LogP contribution is 2.32. The van der Waals surface area contributed by atoms with E-state index in [1.165, 1.54) is 24.0 Å². The quantitative estimate of drug-likeness (QED) is 0.420. The van der Waals surface area contributed by atoms with Crippen LogP contribution >= 0.6 is 0 Å². The van der Waals surface area contributed by atoms with Gasteiger partial charge in [-0.25, -0.2) is 4.68 Å². The van der Waals surface area contributed by atoms with Crippen LogP contribution in [0.4, 0.5) is 0 Å². The van der Waals surface area contributed by atoms with Crippen LogP contribution in [0.5, 0.6) is 0 Å². The molecule has 5 nitrogen and oxygen atoms in total. The lowest BCUT2D eigenvalue weighted by atomic mass is 10.1. The smallest absolute Gasteiger partial charge is 0.251 e. The predicted octanol–water partition coefficient (Wildman–Crippen LogP) is 5.06. The van der Waals surface area contributed by atoms with Crippen LogP contribution in [0.3, 0.4) is 0 Å². The number of carbonyl (C=O) groups excluding carboxylic acids is 1. The van der Waals surface area contributed by atoms with Gasteiger partial charge in [-0.2, -0.15) is 5.10 Å². The number of carbonyl (C=O) groups is 1. The molecule has 0 aliphatic heterocycles. The van der Waals surface area contributed by atoms with Gasteiger partial charge in [-0.15, -0.1) is 0 Å². The monoisotopic (exact) mass is 436 g/mol. The Bertz CT molecular complexity index is 1210. The summed E-state index contributed by atoms with van der Waals surface area (Å²) in [6, 6.07) is 29.2. The summed E-state index contributed by atoms with van der Waals surface area (Å²) < 4.78 is 1.99. The molecule has 1 aliphatic rings. The molecule has 1 saturated carbocycles. The largest absolute Gasteiger partial charge is 0.355 e. The Balaban J connectivity index is 1.43. The van der Waals surface area contributed by atoms with Crippen LogP contribution in [0.1, 0.15) is 34.3 Å². The van der Waals surface area contributed by atoms with Crippen molar-refractivity contribution >= 4 is 5.91 Å². The van der Waals surface area contributed by atoms with Crippen LogP contribution < -0.4 is 5.32 Å². The van der Waals surface area contributed by atoms with E-state index in [0.717, 1.165) is 30.0 Å². The number of hydrogen-bond donors (Lipinski definition) is 1. The Kier molecular flexibility index (Phi) is 6.05. The second-order valence-electron chi connectivity index (χ2n) is 8.56. The van der Waals surface area contributed by atoms with Crippen LogP contribution in [-0.2, 0) is 13.1 Å². The summed E-state index contributed by atoms with van der Waals surface area (Å²) in [6.45, 7) is 1.68. The van der Waals surface area contributed by atoms with E-state index in [1.807, 2.05) is 41.1 Å². The van der Waals surface area contributed by atoms with Gasteiger partial charge >= 0.3 is 0 Å². The highest BCUT2D eigenvalue weighted by Gasteiger charge is 2.30. The first kappa shape index (κ1) is 21.2. The minimum atomic E-state index is -0.0542. The summed E-state index contributed by atoms with van der Waals surface area (Å²) in [6.07, 6.45) is 4.62. The van der Waals surface area contributed by atoms with E-state index in [4.69, 9.17) is 5.10 Å². The van der Waals surface area contributed by atoms with Crippen molar-refractivity contribution in [2.24, 2.45) is 0 Å². The van der Waals surface area contributed by atoms with Gasteiger partial charge in [0.2, 0.25) is 0 Å². The maximum Gasteiger partial charge on any atom is 0.251 e. The van der Waals surface area contributed by atoms with E-state index in [0.29, 0.717) is 11.6 Å². The fraction of sp³-hybridized carbons (Fsp3) is 0.214. The van der Waals surface area contributed by atoms with Crippen molar-refractivity contribution in [1.82, 2.24) is 20.0 Å². The molecule has 0 bridgehead atoms. The molecule has 1 aromatic heterocycles. The van der Waals surface area contributed by atoms with Crippen LogP contribution in [-0.4, -0.2) is 33.7 Å². The average molecular weight is 437 g/mol. The number of hydrogen-bond acceptors (Lipinski definition) is 3. The Labute approximate surface area is 194 Å². The van der Waals surface area contributed by atoms with E-state index < -0.39 is 0 Å². The minimum absolute atomic E-state index is 0.0542. The van der Waals surface area contributed by atoms with Crippen LogP contribution in [0.2, 0.25) is 0 Å². The van der Waals surface area contributed by atoms with Gasteiger partial charge in [0.1, 0.15) is 0 Å². The fourth-order valence-electron chi connectivity index (χ4n) is 4.19. The van der Waals surface area contributed by atoms with Crippen LogP contribution in [0.15, 0.2) is 91.1 Å². The van der Waals surface area contributed by atoms with E-state index in [2.05, 4.69) is 64.9 Å². The fourth-order valence-corrected chi connectivity index (χ4v) is 4.19. The third-order valence-corrected chi connectivity index (χ3v) is 6.12.